The van der Waals surface area contributed by atoms with Gasteiger partial charge in [0.25, 0.3) is 0 Å². The van der Waals surface area contributed by atoms with Crippen LogP contribution in [0.15, 0.2) is 42.5 Å². The van der Waals surface area contributed by atoms with Crippen LogP contribution in [0.2, 0.25) is 0 Å². The Morgan fingerprint density at radius 3 is 2.05 bits per heavy atom. The Kier molecular flexibility index (Phi) is 4.10. The number of benzene rings is 2. The highest BCUT2D eigenvalue weighted by Gasteiger charge is 2.15. The lowest BCUT2D eigenvalue weighted by molar-refractivity contribution is 0.0734. The summed E-state index contributed by atoms with van der Waals surface area (Å²) in [5.74, 6) is -0.0827. The van der Waals surface area contributed by atoms with Crippen molar-refractivity contribution < 1.29 is 24.1 Å². The molecule has 2 aromatic carbocycles. The first-order valence-electron chi connectivity index (χ1n) is 5.88. The van der Waals surface area contributed by atoms with Crippen LogP contribution in [0, 0.1) is 0 Å². The zero-order valence-corrected chi connectivity index (χ0v) is 11.1. The quantitative estimate of drug-likeness (QED) is 0.685. The Morgan fingerprint density at radius 2 is 1.55 bits per heavy atom. The average Bonchev–Trinajstić information content (AvgIpc) is 2.49. The molecular formula is C15H14O5. The van der Waals surface area contributed by atoms with Crippen molar-refractivity contribution in [3.05, 3.63) is 48.0 Å². The predicted octanol–water partition coefficient (Wildman–Crippen LogP) is 2.63. The van der Waals surface area contributed by atoms with Crippen LogP contribution in [0.25, 0.3) is 0 Å². The molecule has 20 heavy (non-hydrogen) atoms. The molecule has 0 atom stereocenters. The van der Waals surface area contributed by atoms with Crippen molar-refractivity contribution in [2.45, 2.75) is 0 Å². The molecule has 0 aliphatic heterocycles. The van der Waals surface area contributed by atoms with E-state index in [1.54, 1.807) is 24.3 Å². The number of hydrogen-bond donors (Lipinski definition) is 1. The third kappa shape index (κ3) is 2.83. The first-order valence-corrected chi connectivity index (χ1v) is 5.88. The van der Waals surface area contributed by atoms with E-state index in [-0.39, 0.29) is 23.0 Å². The Hall–Kier alpha value is -2.69. The summed E-state index contributed by atoms with van der Waals surface area (Å²) in [7, 11) is 2.80. The summed E-state index contributed by atoms with van der Waals surface area (Å²) in [6.45, 7) is 0. The molecule has 0 aromatic heterocycles. The third-order valence-corrected chi connectivity index (χ3v) is 2.67. The normalized spacial score (nSPS) is 9.90. The van der Waals surface area contributed by atoms with Gasteiger partial charge in [0, 0.05) is 12.1 Å². The first kappa shape index (κ1) is 13.7. The maximum atomic E-state index is 11.9. The van der Waals surface area contributed by atoms with Crippen molar-refractivity contribution in [3.8, 4) is 23.0 Å². The summed E-state index contributed by atoms with van der Waals surface area (Å²) in [4.78, 5) is 11.9. The van der Waals surface area contributed by atoms with Crippen LogP contribution in [0.3, 0.4) is 0 Å². The predicted molar refractivity (Wildman–Crippen MR) is 72.6 cm³/mol. The molecule has 0 aliphatic carbocycles. The largest absolute Gasteiger partial charge is 0.502 e. The van der Waals surface area contributed by atoms with Crippen molar-refractivity contribution in [1.82, 2.24) is 0 Å². The van der Waals surface area contributed by atoms with Crippen LogP contribution < -0.4 is 14.2 Å². The van der Waals surface area contributed by atoms with Gasteiger partial charge in [0.15, 0.2) is 11.5 Å². The molecular weight excluding hydrogens is 260 g/mol. The van der Waals surface area contributed by atoms with Crippen LogP contribution in [0.5, 0.6) is 23.0 Å². The second-order valence-corrected chi connectivity index (χ2v) is 3.93. The van der Waals surface area contributed by atoms with Crippen molar-refractivity contribution in [2.75, 3.05) is 14.2 Å². The van der Waals surface area contributed by atoms with Gasteiger partial charge in [-0.05, 0) is 12.1 Å². The lowest BCUT2D eigenvalue weighted by atomic mass is 10.2. The van der Waals surface area contributed by atoms with Gasteiger partial charge in [0.05, 0.1) is 19.8 Å². The molecule has 0 saturated carbocycles. The summed E-state index contributed by atoms with van der Waals surface area (Å²) < 4.78 is 15.2. The van der Waals surface area contributed by atoms with Crippen molar-refractivity contribution >= 4 is 5.97 Å². The molecule has 0 saturated heterocycles. The minimum atomic E-state index is -0.500. The topological polar surface area (TPSA) is 65.0 Å². The Bertz CT molecular complexity index is 582. The van der Waals surface area contributed by atoms with Gasteiger partial charge in [-0.2, -0.15) is 0 Å². The number of phenols is 1. The molecule has 0 radical (unpaired) electrons. The van der Waals surface area contributed by atoms with Crippen molar-refractivity contribution in [3.63, 3.8) is 0 Å². The fraction of sp³-hybridized carbons (Fsp3) is 0.133. The summed E-state index contributed by atoms with van der Waals surface area (Å²) in [6, 6.07) is 11.4. The molecule has 0 heterocycles. The van der Waals surface area contributed by atoms with Gasteiger partial charge in [-0.15, -0.1) is 0 Å². The minimum absolute atomic E-state index is 0.144. The second kappa shape index (κ2) is 5.97. The van der Waals surface area contributed by atoms with Gasteiger partial charge >= 0.3 is 5.97 Å². The lowest BCUT2D eigenvalue weighted by Crippen LogP contribution is -2.08. The number of carbonyl (C=O) groups is 1. The molecule has 0 amide bonds. The zero-order chi connectivity index (χ0) is 14.5. The van der Waals surface area contributed by atoms with Gasteiger partial charge in [0.1, 0.15) is 5.75 Å². The van der Waals surface area contributed by atoms with E-state index in [1.165, 1.54) is 26.4 Å². The number of carbonyl (C=O) groups excluding carboxylic acids is 1. The Labute approximate surface area is 116 Å². The van der Waals surface area contributed by atoms with E-state index >= 15 is 0 Å². The van der Waals surface area contributed by atoms with Crippen LogP contribution in [-0.2, 0) is 0 Å². The Balaban J connectivity index is 2.28. The molecule has 0 unspecified atom stereocenters. The minimum Gasteiger partial charge on any atom is -0.502 e. The van der Waals surface area contributed by atoms with Crippen molar-refractivity contribution in [1.29, 1.82) is 0 Å². The SMILES string of the molecule is COc1cc(OC(=O)c2ccccc2)cc(OC)c1O. The number of phenolic OH excluding ortho intramolecular Hbond substituents is 1. The van der Waals surface area contributed by atoms with Crippen LogP contribution in [0.1, 0.15) is 10.4 Å². The van der Waals surface area contributed by atoms with Gasteiger partial charge < -0.3 is 19.3 Å². The maximum absolute atomic E-state index is 11.9. The van der Waals surface area contributed by atoms with Crippen LogP contribution >= 0.6 is 0 Å². The highest BCUT2D eigenvalue weighted by molar-refractivity contribution is 5.91. The molecule has 0 aliphatic rings. The van der Waals surface area contributed by atoms with E-state index in [0.717, 1.165) is 0 Å². The summed E-state index contributed by atoms with van der Waals surface area (Å²) in [5.41, 5.74) is 0.429. The molecule has 0 spiro atoms. The molecule has 0 bridgehead atoms. The molecule has 1 N–H and O–H groups in total. The molecule has 2 rings (SSSR count). The number of rotatable bonds is 4. The Morgan fingerprint density at radius 1 is 1.00 bits per heavy atom. The zero-order valence-electron chi connectivity index (χ0n) is 11.1. The number of ether oxygens (including phenoxy) is 3. The number of esters is 1. The van der Waals surface area contributed by atoms with Gasteiger partial charge in [-0.3, -0.25) is 0 Å². The smallest absolute Gasteiger partial charge is 0.343 e. The third-order valence-electron chi connectivity index (χ3n) is 2.67. The van der Waals surface area contributed by atoms with Gasteiger partial charge in [-0.25, -0.2) is 4.79 Å². The van der Waals surface area contributed by atoms with E-state index in [4.69, 9.17) is 14.2 Å². The van der Waals surface area contributed by atoms with E-state index in [2.05, 4.69) is 0 Å². The van der Waals surface area contributed by atoms with E-state index in [9.17, 15) is 9.90 Å². The molecule has 5 heteroatoms. The number of methoxy groups -OCH3 is 2. The molecule has 104 valence electrons. The second-order valence-electron chi connectivity index (χ2n) is 3.93. The highest BCUT2D eigenvalue weighted by atomic mass is 16.5. The monoisotopic (exact) mass is 274 g/mol. The van der Waals surface area contributed by atoms with Gasteiger partial charge in [0.2, 0.25) is 5.75 Å². The molecule has 0 fully saturated rings. The van der Waals surface area contributed by atoms with Crippen molar-refractivity contribution in [2.24, 2.45) is 0 Å². The van der Waals surface area contributed by atoms with E-state index in [0.29, 0.717) is 5.56 Å². The molecule has 5 nitrogen and oxygen atoms in total. The van der Waals surface area contributed by atoms with E-state index < -0.39 is 5.97 Å². The number of hydrogen-bond acceptors (Lipinski definition) is 5. The highest BCUT2D eigenvalue weighted by Crippen LogP contribution is 2.39. The van der Waals surface area contributed by atoms with Gasteiger partial charge in [-0.1, -0.05) is 18.2 Å². The van der Waals surface area contributed by atoms with Crippen LogP contribution in [-0.4, -0.2) is 25.3 Å². The lowest BCUT2D eigenvalue weighted by Gasteiger charge is -2.11. The summed E-state index contributed by atoms with van der Waals surface area (Å²) in [6.07, 6.45) is 0. The standard InChI is InChI=1S/C15H14O5/c1-18-12-8-11(9-13(19-2)14(12)16)20-15(17)10-6-4-3-5-7-10/h3-9,16H,1-2H3. The van der Waals surface area contributed by atoms with E-state index in [1.807, 2.05) is 6.07 Å². The molecule has 2 aromatic rings. The fourth-order valence-corrected chi connectivity index (χ4v) is 1.67. The first-order chi connectivity index (χ1) is 9.65. The van der Waals surface area contributed by atoms with Crippen LogP contribution in [0.4, 0.5) is 0 Å². The summed E-state index contributed by atoms with van der Waals surface area (Å²) >= 11 is 0. The fourth-order valence-electron chi connectivity index (χ4n) is 1.67. The average molecular weight is 274 g/mol. The number of aromatic hydroxyl groups is 1. The maximum Gasteiger partial charge on any atom is 0.343 e. The summed E-state index contributed by atoms with van der Waals surface area (Å²) in [5, 5.41) is 9.77.